The lowest BCUT2D eigenvalue weighted by Crippen LogP contribution is -2.26. The minimum Gasteiger partial charge on any atom is -0.379 e. The fourth-order valence-electron chi connectivity index (χ4n) is 1.81. The molecule has 0 amide bonds. The Morgan fingerprint density at radius 1 is 1.59 bits per heavy atom. The highest BCUT2D eigenvalue weighted by molar-refractivity contribution is 9.10. The molecule has 1 aromatic rings. The summed E-state index contributed by atoms with van der Waals surface area (Å²) >= 11 is 3.36. The number of aromatic nitrogens is 2. The van der Waals surface area contributed by atoms with Gasteiger partial charge in [-0.2, -0.15) is 5.10 Å². The lowest BCUT2D eigenvalue weighted by Gasteiger charge is -2.13. The third kappa shape index (κ3) is 2.39. The molecule has 1 aliphatic rings. The Labute approximate surface area is 110 Å². The van der Waals surface area contributed by atoms with Crippen LogP contribution in [0.15, 0.2) is 15.5 Å². The van der Waals surface area contributed by atoms with Gasteiger partial charge in [0.25, 0.3) is 5.56 Å². The summed E-state index contributed by atoms with van der Waals surface area (Å²) in [5.41, 5.74) is 1.04. The zero-order chi connectivity index (χ0) is 12.8. The molecule has 1 unspecified atom stereocenters. The predicted octanol–water partition coefficient (Wildman–Crippen LogP) is 2.80. The summed E-state index contributed by atoms with van der Waals surface area (Å²) in [5.74, 6) is 0. The van der Waals surface area contributed by atoms with Crippen LogP contribution in [0.3, 0.4) is 0 Å². The third-order valence-corrected chi connectivity index (χ3v) is 4.04. The van der Waals surface area contributed by atoms with Gasteiger partial charge in [-0.05, 0) is 41.6 Å². The molecule has 1 aliphatic carbocycles. The Morgan fingerprint density at radius 2 is 2.18 bits per heavy atom. The topological polar surface area (TPSA) is 46.9 Å². The van der Waals surface area contributed by atoms with Crippen LogP contribution in [-0.4, -0.2) is 15.8 Å². The highest BCUT2D eigenvalue weighted by Gasteiger charge is 2.45. The van der Waals surface area contributed by atoms with Gasteiger partial charge in [-0.3, -0.25) is 4.79 Å². The van der Waals surface area contributed by atoms with E-state index in [2.05, 4.69) is 40.2 Å². The summed E-state index contributed by atoms with van der Waals surface area (Å²) in [6.45, 7) is 8.30. The molecule has 0 bridgehead atoms. The number of anilines is 1. The molecule has 0 aliphatic heterocycles. The highest BCUT2D eigenvalue weighted by atomic mass is 79.9. The first kappa shape index (κ1) is 12.6. The molecule has 2 rings (SSSR count). The van der Waals surface area contributed by atoms with Crippen LogP contribution in [0.4, 0.5) is 5.69 Å². The molecule has 1 atom stereocenters. The molecule has 0 aromatic carbocycles. The second-order valence-electron chi connectivity index (χ2n) is 5.61. The van der Waals surface area contributed by atoms with E-state index in [1.54, 1.807) is 6.20 Å². The van der Waals surface area contributed by atoms with Crippen molar-refractivity contribution in [2.75, 3.05) is 5.32 Å². The van der Waals surface area contributed by atoms with Crippen molar-refractivity contribution in [2.45, 2.75) is 46.2 Å². The van der Waals surface area contributed by atoms with Crippen LogP contribution >= 0.6 is 15.9 Å². The molecule has 5 heteroatoms. The number of hydrogen-bond acceptors (Lipinski definition) is 3. The Bertz CT molecular complexity index is 493. The molecule has 4 nitrogen and oxygen atoms in total. The van der Waals surface area contributed by atoms with Crippen molar-refractivity contribution in [3.63, 3.8) is 0 Å². The Hall–Kier alpha value is -0.840. The van der Waals surface area contributed by atoms with Gasteiger partial charge in [0, 0.05) is 6.04 Å². The Morgan fingerprint density at radius 3 is 2.65 bits per heavy atom. The van der Waals surface area contributed by atoms with Gasteiger partial charge in [0.2, 0.25) is 0 Å². The molecule has 0 spiro atoms. The number of hydrogen-bond donors (Lipinski definition) is 1. The largest absolute Gasteiger partial charge is 0.379 e. The molecule has 1 N–H and O–H groups in total. The van der Waals surface area contributed by atoms with Crippen molar-refractivity contribution in [3.05, 3.63) is 21.0 Å². The molecule has 1 heterocycles. The maximum Gasteiger partial charge on any atom is 0.283 e. The average molecular weight is 300 g/mol. The van der Waals surface area contributed by atoms with Crippen molar-refractivity contribution >= 4 is 21.6 Å². The summed E-state index contributed by atoms with van der Waals surface area (Å²) in [6.07, 6.45) is 2.85. The maximum absolute atomic E-state index is 12.0. The van der Waals surface area contributed by atoms with Gasteiger partial charge in [0.1, 0.15) is 4.47 Å². The maximum atomic E-state index is 12.0. The van der Waals surface area contributed by atoms with Gasteiger partial charge in [-0.15, -0.1) is 0 Å². The van der Waals surface area contributed by atoms with Gasteiger partial charge >= 0.3 is 0 Å². The molecule has 1 saturated carbocycles. The number of nitrogens with one attached hydrogen (secondary N) is 1. The minimum atomic E-state index is -0.0801. The van der Waals surface area contributed by atoms with Crippen LogP contribution in [-0.2, 0) is 0 Å². The van der Waals surface area contributed by atoms with Gasteiger partial charge in [0.15, 0.2) is 0 Å². The lowest BCUT2D eigenvalue weighted by atomic mass is 10.2. The van der Waals surface area contributed by atoms with Gasteiger partial charge in [-0.25, -0.2) is 4.68 Å². The number of halogens is 1. The summed E-state index contributed by atoms with van der Waals surface area (Å²) < 4.78 is 2.05. The van der Waals surface area contributed by atoms with Crippen molar-refractivity contribution < 1.29 is 0 Å². The van der Waals surface area contributed by atoms with Crippen LogP contribution < -0.4 is 10.9 Å². The van der Waals surface area contributed by atoms with E-state index < -0.39 is 0 Å². The SMILES string of the molecule is CC(C)n1ncc(NC2CC2(C)C)c(Br)c1=O. The van der Waals surface area contributed by atoms with Crippen molar-refractivity contribution in [1.29, 1.82) is 0 Å². The van der Waals surface area contributed by atoms with Gasteiger partial charge < -0.3 is 5.32 Å². The van der Waals surface area contributed by atoms with Gasteiger partial charge in [0.05, 0.1) is 17.9 Å². The zero-order valence-electron chi connectivity index (χ0n) is 10.6. The molecule has 94 valence electrons. The average Bonchev–Trinajstić information content (AvgIpc) is 2.81. The zero-order valence-corrected chi connectivity index (χ0v) is 12.2. The second kappa shape index (κ2) is 4.12. The van der Waals surface area contributed by atoms with E-state index in [0.717, 1.165) is 12.1 Å². The summed E-state index contributed by atoms with van der Waals surface area (Å²) in [6, 6.07) is 0.514. The monoisotopic (exact) mass is 299 g/mol. The predicted molar refractivity (Wildman–Crippen MR) is 72.4 cm³/mol. The normalized spacial score (nSPS) is 21.6. The fraction of sp³-hybridized carbons (Fsp3) is 0.667. The Kier molecular flexibility index (Phi) is 3.06. The molecule has 1 aromatic heterocycles. The third-order valence-electron chi connectivity index (χ3n) is 3.28. The van der Waals surface area contributed by atoms with E-state index >= 15 is 0 Å². The van der Waals surface area contributed by atoms with Crippen molar-refractivity contribution in [3.8, 4) is 0 Å². The van der Waals surface area contributed by atoms with Crippen LogP contribution in [0, 0.1) is 5.41 Å². The summed E-state index contributed by atoms with van der Waals surface area (Å²) in [7, 11) is 0. The summed E-state index contributed by atoms with van der Waals surface area (Å²) in [5, 5.41) is 7.54. The molecule has 0 saturated heterocycles. The first-order valence-electron chi connectivity index (χ1n) is 5.87. The van der Waals surface area contributed by atoms with Crippen LogP contribution in [0.5, 0.6) is 0 Å². The first-order chi connectivity index (χ1) is 7.83. The van der Waals surface area contributed by atoms with Gasteiger partial charge in [-0.1, -0.05) is 13.8 Å². The minimum absolute atomic E-state index is 0.0743. The molecule has 0 radical (unpaired) electrons. The number of nitrogens with zero attached hydrogens (tertiary/aromatic N) is 2. The molecular weight excluding hydrogens is 282 g/mol. The van der Waals surface area contributed by atoms with Crippen LogP contribution in [0.1, 0.15) is 40.2 Å². The van der Waals surface area contributed by atoms with Crippen LogP contribution in [0.25, 0.3) is 0 Å². The molecular formula is C12H18BrN3O. The molecule has 1 fully saturated rings. The fourth-order valence-corrected chi connectivity index (χ4v) is 2.21. The van der Waals surface area contributed by atoms with E-state index in [1.807, 2.05) is 13.8 Å². The smallest absolute Gasteiger partial charge is 0.283 e. The summed E-state index contributed by atoms with van der Waals surface area (Å²) in [4.78, 5) is 12.0. The standard InChI is InChI=1S/C12H18BrN3O/c1-7(2)16-11(17)10(13)8(6-14-16)15-9-5-12(9,3)4/h6-7,9,15H,5H2,1-4H3. The van der Waals surface area contributed by atoms with E-state index in [-0.39, 0.29) is 11.6 Å². The van der Waals surface area contributed by atoms with Crippen LogP contribution in [0.2, 0.25) is 0 Å². The van der Waals surface area contributed by atoms with E-state index in [9.17, 15) is 4.79 Å². The Balaban J connectivity index is 2.26. The second-order valence-corrected chi connectivity index (χ2v) is 6.40. The van der Waals surface area contributed by atoms with Crippen molar-refractivity contribution in [2.24, 2.45) is 5.41 Å². The van der Waals surface area contributed by atoms with E-state index in [1.165, 1.54) is 4.68 Å². The van der Waals surface area contributed by atoms with E-state index in [4.69, 9.17) is 0 Å². The first-order valence-corrected chi connectivity index (χ1v) is 6.66. The van der Waals surface area contributed by atoms with Crippen molar-refractivity contribution in [1.82, 2.24) is 9.78 Å². The quantitative estimate of drug-likeness (QED) is 0.933. The lowest BCUT2D eigenvalue weighted by molar-refractivity contribution is 0.501. The van der Waals surface area contributed by atoms with E-state index in [0.29, 0.717) is 15.9 Å². The highest BCUT2D eigenvalue weighted by Crippen LogP contribution is 2.46. The number of rotatable bonds is 3. The molecule has 17 heavy (non-hydrogen) atoms.